The highest BCUT2D eigenvalue weighted by molar-refractivity contribution is 5.44. The zero-order valence-electron chi connectivity index (χ0n) is 11.9. The van der Waals surface area contributed by atoms with Gasteiger partial charge in [0.1, 0.15) is 11.6 Å². The highest BCUT2D eigenvalue weighted by atomic mass is 16.5. The maximum absolute atomic E-state index is 5.44. The molecule has 0 saturated carbocycles. The van der Waals surface area contributed by atoms with Gasteiger partial charge < -0.3 is 10.1 Å². The van der Waals surface area contributed by atoms with Gasteiger partial charge in [0.25, 0.3) is 0 Å². The molecule has 0 aliphatic rings. The molecule has 0 aliphatic carbocycles. The van der Waals surface area contributed by atoms with Crippen molar-refractivity contribution in [2.75, 3.05) is 11.9 Å². The van der Waals surface area contributed by atoms with Crippen molar-refractivity contribution >= 4 is 11.5 Å². The van der Waals surface area contributed by atoms with Crippen molar-refractivity contribution in [2.45, 2.75) is 19.9 Å². The van der Waals surface area contributed by atoms with Crippen molar-refractivity contribution in [3.8, 4) is 5.75 Å². The third-order valence-electron chi connectivity index (χ3n) is 3.13. The van der Waals surface area contributed by atoms with Crippen LogP contribution in [0.3, 0.4) is 0 Å². The number of tetrazole rings is 1. The van der Waals surface area contributed by atoms with Gasteiger partial charge in [0.2, 0.25) is 0 Å². The van der Waals surface area contributed by atoms with E-state index in [4.69, 9.17) is 4.74 Å². The molecule has 108 valence electrons. The quantitative estimate of drug-likeness (QED) is 0.773. The van der Waals surface area contributed by atoms with E-state index in [-0.39, 0.29) is 6.04 Å². The molecular formula is C14H16N6O. The Morgan fingerprint density at radius 2 is 2.00 bits per heavy atom. The molecule has 1 aromatic carbocycles. The topological polar surface area (TPSA) is 77.2 Å². The first kappa shape index (κ1) is 13.3. The second-order valence-electron chi connectivity index (χ2n) is 4.61. The lowest BCUT2D eigenvalue weighted by atomic mass is 10.1. The standard InChI is InChI=1S/C14H16N6O/c1-3-21-12-6-4-11(5-7-12)10(2)15-13-8-9-14-16-18-19-20(14)17-13/h4-10H,3H2,1-2H3,(H,15,17)/t10-/m0/s1. The Balaban J connectivity index is 1.73. The number of hydrogen-bond acceptors (Lipinski definition) is 6. The van der Waals surface area contributed by atoms with Gasteiger partial charge in [-0.25, -0.2) is 0 Å². The number of nitrogens with one attached hydrogen (secondary N) is 1. The molecule has 3 aromatic rings. The van der Waals surface area contributed by atoms with Crippen LogP contribution in [-0.4, -0.2) is 31.9 Å². The van der Waals surface area contributed by atoms with Crippen LogP contribution in [0.4, 0.5) is 5.82 Å². The molecule has 7 nitrogen and oxygen atoms in total. The Morgan fingerprint density at radius 3 is 2.76 bits per heavy atom. The fourth-order valence-electron chi connectivity index (χ4n) is 2.05. The Hall–Kier alpha value is -2.70. The first-order chi connectivity index (χ1) is 10.3. The van der Waals surface area contributed by atoms with Gasteiger partial charge in [-0.2, -0.15) is 0 Å². The van der Waals surface area contributed by atoms with Crippen LogP contribution in [0.15, 0.2) is 36.4 Å². The van der Waals surface area contributed by atoms with Gasteiger partial charge in [0, 0.05) is 0 Å². The normalized spacial score (nSPS) is 12.3. The summed E-state index contributed by atoms with van der Waals surface area (Å²) in [5, 5.41) is 18.8. The third-order valence-corrected chi connectivity index (χ3v) is 3.13. The number of fused-ring (bicyclic) bond motifs is 1. The monoisotopic (exact) mass is 284 g/mol. The lowest BCUT2D eigenvalue weighted by molar-refractivity contribution is 0.340. The Kier molecular flexibility index (Phi) is 3.63. The van der Waals surface area contributed by atoms with Crippen LogP contribution < -0.4 is 10.1 Å². The smallest absolute Gasteiger partial charge is 0.200 e. The molecule has 0 unspecified atom stereocenters. The van der Waals surface area contributed by atoms with Gasteiger partial charge in [-0.05, 0) is 54.1 Å². The molecule has 0 amide bonds. The molecular weight excluding hydrogens is 268 g/mol. The maximum Gasteiger partial charge on any atom is 0.200 e. The Morgan fingerprint density at radius 1 is 1.19 bits per heavy atom. The zero-order valence-corrected chi connectivity index (χ0v) is 11.9. The lowest BCUT2D eigenvalue weighted by Crippen LogP contribution is -2.09. The first-order valence-corrected chi connectivity index (χ1v) is 6.81. The highest BCUT2D eigenvalue weighted by Gasteiger charge is 2.07. The van der Waals surface area contributed by atoms with Crippen LogP contribution in [0.2, 0.25) is 0 Å². The van der Waals surface area contributed by atoms with Crippen LogP contribution in [-0.2, 0) is 0 Å². The predicted octanol–water partition coefficient (Wildman–Crippen LogP) is 2.09. The first-order valence-electron chi connectivity index (χ1n) is 6.81. The molecule has 0 bridgehead atoms. The number of ether oxygens (including phenoxy) is 1. The summed E-state index contributed by atoms with van der Waals surface area (Å²) in [5.41, 5.74) is 1.77. The molecule has 2 heterocycles. The van der Waals surface area contributed by atoms with E-state index in [1.54, 1.807) is 0 Å². The fraction of sp³-hybridized carbons (Fsp3) is 0.286. The largest absolute Gasteiger partial charge is 0.494 e. The summed E-state index contributed by atoms with van der Waals surface area (Å²) in [5.74, 6) is 1.60. The van der Waals surface area contributed by atoms with Crippen molar-refractivity contribution in [1.82, 2.24) is 25.3 Å². The second-order valence-corrected chi connectivity index (χ2v) is 4.61. The van der Waals surface area contributed by atoms with Crippen LogP contribution >= 0.6 is 0 Å². The number of rotatable bonds is 5. The Labute approximate surface area is 121 Å². The van der Waals surface area contributed by atoms with E-state index in [1.807, 2.05) is 43.3 Å². The summed E-state index contributed by atoms with van der Waals surface area (Å²) in [6.45, 7) is 4.71. The number of anilines is 1. The highest BCUT2D eigenvalue weighted by Crippen LogP contribution is 2.20. The minimum Gasteiger partial charge on any atom is -0.494 e. The molecule has 2 aromatic heterocycles. The van der Waals surface area contributed by atoms with Crippen LogP contribution in [0.25, 0.3) is 5.65 Å². The molecule has 21 heavy (non-hydrogen) atoms. The van der Waals surface area contributed by atoms with Crippen LogP contribution in [0, 0.1) is 0 Å². The maximum atomic E-state index is 5.44. The minimum absolute atomic E-state index is 0.113. The Bertz CT molecular complexity index is 724. The van der Waals surface area contributed by atoms with E-state index >= 15 is 0 Å². The predicted molar refractivity (Wildman–Crippen MR) is 78.2 cm³/mol. The summed E-state index contributed by atoms with van der Waals surface area (Å²) in [6, 6.07) is 11.8. The molecule has 0 radical (unpaired) electrons. The minimum atomic E-state index is 0.113. The SMILES string of the molecule is CCOc1ccc([C@H](C)Nc2ccc3nnnn3n2)cc1. The van der Waals surface area contributed by atoms with Gasteiger partial charge in [-0.3, -0.25) is 0 Å². The molecule has 1 N–H and O–H groups in total. The van der Waals surface area contributed by atoms with Crippen LogP contribution in [0.5, 0.6) is 5.75 Å². The summed E-state index contributed by atoms with van der Waals surface area (Å²) in [6.07, 6.45) is 0. The fourth-order valence-corrected chi connectivity index (χ4v) is 2.05. The molecule has 0 aliphatic heterocycles. The molecule has 7 heteroatoms. The van der Waals surface area contributed by atoms with Gasteiger partial charge >= 0.3 is 0 Å². The van der Waals surface area contributed by atoms with Crippen molar-refractivity contribution in [3.05, 3.63) is 42.0 Å². The molecule has 3 rings (SSSR count). The van der Waals surface area contributed by atoms with Crippen molar-refractivity contribution in [3.63, 3.8) is 0 Å². The summed E-state index contributed by atoms with van der Waals surface area (Å²) >= 11 is 0. The van der Waals surface area contributed by atoms with Gasteiger partial charge in [-0.1, -0.05) is 12.1 Å². The van der Waals surface area contributed by atoms with E-state index in [0.29, 0.717) is 12.3 Å². The second kappa shape index (κ2) is 5.74. The van der Waals surface area contributed by atoms with E-state index in [9.17, 15) is 0 Å². The summed E-state index contributed by atoms with van der Waals surface area (Å²) in [7, 11) is 0. The van der Waals surface area contributed by atoms with E-state index in [2.05, 4.69) is 32.9 Å². The third kappa shape index (κ3) is 2.91. The van der Waals surface area contributed by atoms with E-state index < -0.39 is 0 Å². The van der Waals surface area contributed by atoms with Crippen molar-refractivity contribution in [2.24, 2.45) is 0 Å². The molecule has 1 atom stereocenters. The average molecular weight is 284 g/mol. The van der Waals surface area contributed by atoms with Crippen LogP contribution in [0.1, 0.15) is 25.5 Å². The number of nitrogens with zero attached hydrogens (tertiary/aromatic N) is 5. The molecule has 0 spiro atoms. The van der Waals surface area contributed by atoms with E-state index in [0.717, 1.165) is 17.1 Å². The zero-order chi connectivity index (χ0) is 14.7. The van der Waals surface area contributed by atoms with Crippen molar-refractivity contribution in [1.29, 1.82) is 0 Å². The average Bonchev–Trinajstić information content (AvgIpc) is 2.96. The van der Waals surface area contributed by atoms with Gasteiger partial charge in [0.05, 0.1) is 12.6 Å². The van der Waals surface area contributed by atoms with E-state index in [1.165, 1.54) is 4.63 Å². The molecule has 0 saturated heterocycles. The van der Waals surface area contributed by atoms with Crippen molar-refractivity contribution < 1.29 is 4.74 Å². The summed E-state index contributed by atoms with van der Waals surface area (Å²) < 4.78 is 6.84. The number of hydrogen-bond donors (Lipinski definition) is 1. The molecule has 0 fully saturated rings. The van der Waals surface area contributed by atoms with Gasteiger partial charge in [-0.15, -0.1) is 14.8 Å². The number of aromatic nitrogens is 5. The summed E-state index contributed by atoms with van der Waals surface area (Å²) in [4.78, 5) is 0. The number of benzene rings is 1. The van der Waals surface area contributed by atoms with Gasteiger partial charge in [0.15, 0.2) is 5.65 Å². The lowest BCUT2D eigenvalue weighted by Gasteiger charge is -2.15.